The number of thiazole rings is 1. The van der Waals surface area contributed by atoms with E-state index in [1.54, 1.807) is 0 Å². The number of rotatable bonds is 4. The van der Waals surface area contributed by atoms with E-state index in [0.717, 1.165) is 17.9 Å². The maximum Gasteiger partial charge on any atom is 0.180 e. The van der Waals surface area contributed by atoms with Gasteiger partial charge in [-0.3, -0.25) is 0 Å². The predicted molar refractivity (Wildman–Crippen MR) is 71.7 cm³/mol. The van der Waals surface area contributed by atoms with Gasteiger partial charge in [-0.05, 0) is 31.5 Å². The van der Waals surface area contributed by atoms with Gasteiger partial charge in [0, 0.05) is 11.3 Å². The van der Waals surface area contributed by atoms with Crippen LogP contribution in [0.4, 0.5) is 5.13 Å². The van der Waals surface area contributed by atoms with Crippen molar-refractivity contribution in [1.29, 1.82) is 0 Å². The van der Waals surface area contributed by atoms with Crippen molar-refractivity contribution in [3.05, 3.63) is 40.4 Å². The summed E-state index contributed by atoms with van der Waals surface area (Å²) in [6.07, 6.45) is 0.806. The van der Waals surface area contributed by atoms with Gasteiger partial charge in [0.15, 0.2) is 5.13 Å². The summed E-state index contributed by atoms with van der Waals surface area (Å²) in [5.41, 5.74) is 7.95. The quantitative estimate of drug-likeness (QED) is 0.904. The molecule has 1 aromatic carbocycles. The Kier molecular flexibility index (Phi) is 3.64. The van der Waals surface area contributed by atoms with Crippen LogP contribution >= 0.6 is 11.3 Å². The fraction of sp³-hybridized carbons (Fsp3) is 0.308. The second-order valence-electron chi connectivity index (χ2n) is 3.81. The summed E-state index contributed by atoms with van der Waals surface area (Å²) in [5, 5.41) is 0.637. The lowest BCUT2D eigenvalue weighted by Gasteiger charge is -2.05. The molecular weight excluding hydrogens is 232 g/mol. The van der Waals surface area contributed by atoms with Crippen LogP contribution in [0.2, 0.25) is 0 Å². The lowest BCUT2D eigenvalue weighted by atomic mass is 10.1. The summed E-state index contributed by atoms with van der Waals surface area (Å²) < 4.78 is 5.48. The Morgan fingerprint density at radius 2 is 2.24 bits per heavy atom. The smallest absolute Gasteiger partial charge is 0.180 e. The second-order valence-corrected chi connectivity index (χ2v) is 5.05. The standard InChI is InChI=1S/C13H16N2OS/c1-3-16-11-6-4-5-10(7-11)8-12-9(2)17-13(14)15-12/h4-7H,3,8H2,1-2H3,(H2,14,15). The molecule has 0 bridgehead atoms. The zero-order chi connectivity index (χ0) is 12.3. The molecule has 90 valence electrons. The number of anilines is 1. The highest BCUT2D eigenvalue weighted by atomic mass is 32.1. The maximum atomic E-state index is 5.69. The Morgan fingerprint density at radius 3 is 2.88 bits per heavy atom. The molecule has 4 heteroatoms. The Bertz CT molecular complexity index is 508. The first-order valence-corrected chi connectivity index (χ1v) is 6.44. The SMILES string of the molecule is CCOc1cccc(Cc2nc(N)sc2C)c1. The van der Waals surface area contributed by atoms with Crippen molar-refractivity contribution in [2.75, 3.05) is 12.3 Å². The molecule has 0 fully saturated rings. The average Bonchev–Trinajstić information content (AvgIpc) is 2.58. The lowest BCUT2D eigenvalue weighted by molar-refractivity contribution is 0.340. The molecule has 0 unspecified atom stereocenters. The molecule has 0 aliphatic rings. The van der Waals surface area contributed by atoms with Crippen molar-refractivity contribution in [2.24, 2.45) is 0 Å². The summed E-state index contributed by atoms with van der Waals surface area (Å²) in [7, 11) is 0. The molecule has 0 saturated carbocycles. The molecule has 3 nitrogen and oxygen atoms in total. The van der Waals surface area contributed by atoms with Crippen molar-refractivity contribution >= 4 is 16.5 Å². The van der Waals surface area contributed by atoms with Crippen molar-refractivity contribution < 1.29 is 4.74 Å². The third-order valence-electron chi connectivity index (χ3n) is 2.49. The van der Waals surface area contributed by atoms with E-state index in [4.69, 9.17) is 10.5 Å². The Balaban J connectivity index is 2.18. The molecule has 0 amide bonds. The molecule has 0 aliphatic carbocycles. The molecule has 0 radical (unpaired) electrons. The zero-order valence-corrected chi connectivity index (χ0v) is 10.9. The van der Waals surface area contributed by atoms with Crippen molar-refractivity contribution in [3.63, 3.8) is 0 Å². The molecule has 0 atom stereocenters. The van der Waals surface area contributed by atoms with E-state index in [1.165, 1.54) is 21.8 Å². The van der Waals surface area contributed by atoms with Crippen LogP contribution in [0.5, 0.6) is 5.75 Å². The van der Waals surface area contributed by atoms with Gasteiger partial charge in [0.05, 0.1) is 12.3 Å². The highest BCUT2D eigenvalue weighted by Crippen LogP contribution is 2.23. The van der Waals surface area contributed by atoms with Gasteiger partial charge in [0.25, 0.3) is 0 Å². The van der Waals surface area contributed by atoms with E-state index in [-0.39, 0.29) is 0 Å². The van der Waals surface area contributed by atoms with E-state index >= 15 is 0 Å². The Hall–Kier alpha value is -1.55. The van der Waals surface area contributed by atoms with Gasteiger partial charge in [0.2, 0.25) is 0 Å². The van der Waals surface area contributed by atoms with Crippen LogP contribution in [0.15, 0.2) is 24.3 Å². The molecular formula is C13H16N2OS. The van der Waals surface area contributed by atoms with Crippen LogP contribution in [-0.2, 0) is 6.42 Å². The van der Waals surface area contributed by atoms with Crippen LogP contribution in [0.3, 0.4) is 0 Å². The number of hydrogen-bond donors (Lipinski definition) is 1. The molecule has 2 aromatic rings. The number of nitrogens with zero attached hydrogens (tertiary/aromatic N) is 1. The summed E-state index contributed by atoms with van der Waals surface area (Å²) in [5.74, 6) is 0.908. The van der Waals surface area contributed by atoms with Gasteiger partial charge in [-0.1, -0.05) is 12.1 Å². The topological polar surface area (TPSA) is 48.1 Å². The number of hydrogen-bond acceptors (Lipinski definition) is 4. The highest BCUT2D eigenvalue weighted by molar-refractivity contribution is 7.15. The molecule has 2 N–H and O–H groups in total. The molecule has 0 saturated heterocycles. The molecule has 1 heterocycles. The van der Waals surface area contributed by atoms with Crippen LogP contribution in [0.1, 0.15) is 23.1 Å². The first-order valence-electron chi connectivity index (χ1n) is 5.62. The van der Waals surface area contributed by atoms with E-state index < -0.39 is 0 Å². The summed E-state index contributed by atoms with van der Waals surface area (Å²) in [6.45, 7) is 4.72. The number of benzene rings is 1. The van der Waals surface area contributed by atoms with E-state index in [1.807, 2.05) is 19.1 Å². The predicted octanol–water partition coefficient (Wildman–Crippen LogP) is 3.02. The van der Waals surface area contributed by atoms with Crippen LogP contribution in [0.25, 0.3) is 0 Å². The van der Waals surface area contributed by atoms with Gasteiger partial charge in [-0.15, -0.1) is 11.3 Å². The Labute approximate surface area is 105 Å². The first kappa shape index (κ1) is 11.9. The molecule has 1 aromatic heterocycles. The van der Waals surface area contributed by atoms with Crippen molar-refractivity contribution in [1.82, 2.24) is 4.98 Å². The largest absolute Gasteiger partial charge is 0.494 e. The third-order valence-corrected chi connectivity index (χ3v) is 3.33. The lowest BCUT2D eigenvalue weighted by Crippen LogP contribution is -1.95. The molecule has 2 rings (SSSR count). The number of aryl methyl sites for hydroxylation is 1. The minimum absolute atomic E-state index is 0.637. The van der Waals surface area contributed by atoms with E-state index in [0.29, 0.717) is 11.7 Å². The number of nitrogens with two attached hydrogens (primary N) is 1. The number of aromatic nitrogens is 1. The van der Waals surface area contributed by atoms with Crippen LogP contribution in [-0.4, -0.2) is 11.6 Å². The number of ether oxygens (including phenoxy) is 1. The zero-order valence-electron chi connectivity index (χ0n) is 10.1. The minimum atomic E-state index is 0.637. The summed E-state index contributed by atoms with van der Waals surface area (Å²) >= 11 is 1.54. The molecule has 0 spiro atoms. The first-order chi connectivity index (χ1) is 8.19. The highest BCUT2D eigenvalue weighted by Gasteiger charge is 2.06. The van der Waals surface area contributed by atoms with Gasteiger partial charge in [-0.25, -0.2) is 4.98 Å². The minimum Gasteiger partial charge on any atom is -0.494 e. The van der Waals surface area contributed by atoms with Crippen molar-refractivity contribution in [2.45, 2.75) is 20.3 Å². The van der Waals surface area contributed by atoms with Crippen LogP contribution in [0, 0.1) is 6.92 Å². The van der Waals surface area contributed by atoms with Gasteiger partial charge in [0.1, 0.15) is 5.75 Å². The van der Waals surface area contributed by atoms with Gasteiger partial charge in [-0.2, -0.15) is 0 Å². The molecule has 17 heavy (non-hydrogen) atoms. The average molecular weight is 248 g/mol. The van der Waals surface area contributed by atoms with Crippen molar-refractivity contribution in [3.8, 4) is 5.75 Å². The second kappa shape index (κ2) is 5.19. The van der Waals surface area contributed by atoms with Crippen LogP contribution < -0.4 is 10.5 Å². The van der Waals surface area contributed by atoms with Gasteiger partial charge < -0.3 is 10.5 Å². The summed E-state index contributed by atoms with van der Waals surface area (Å²) in [4.78, 5) is 5.52. The normalized spacial score (nSPS) is 10.5. The number of nitrogen functional groups attached to an aromatic ring is 1. The maximum absolute atomic E-state index is 5.69. The van der Waals surface area contributed by atoms with E-state index in [9.17, 15) is 0 Å². The third kappa shape index (κ3) is 2.97. The molecule has 0 aliphatic heterocycles. The van der Waals surface area contributed by atoms with Gasteiger partial charge >= 0.3 is 0 Å². The monoisotopic (exact) mass is 248 g/mol. The fourth-order valence-corrected chi connectivity index (χ4v) is 2.42. The summed E-state index contributed by atoms with van der Waals surface area (Å²) in [6, 6.07) is 8.11. The van der Waals surface area contributed by atoms with E-state index in [2.05, 4.69) is 24.0 Å². The Morgan fingerprint density at radius 1 is 1.41 bits per heavy atom. The fourth-order valence-electron chi connectivity index (χ4n) is 1.72.